The maximum Gasteiger partial charge on any atom is 0.319 e. The largest absolute Gasteiger partial charge is 0.465 e. The van der Waals surface area contributed by atoms with Crippen LogP contribution in [0.25, 0.3) is 10.2 Å². The summed E-state index contributed by atoms with van der Waals surface area (Å²) in [5.41, 5.74) is 8.83. The average molecular weight is 441 g/mol. The predicted molar refractivity (Wildman–Crippen MR) is 116 cm³/mol. The van der Waals surface area contributed by atoms with Crippen LogP contribution in [0, 0.1) is 24.2 Å². The number of nitrogens with zero attached hydrogens (tertiary/aromatic N) is 2. The molecule has 0 saturated carbocycles. The van der Waals surface area contributed by atoms with Crippen LogP contribution >= 0.6 is 22.9 Å². The lowest BCUT2D eigenvalue weighted by Gasteiger charge is -2.30. The van der Waals surface area contributed by atoms with Gasteiger partial charge in [0.25, 0.3) is 0 Å². The van der Waals surface area contributed by atoms with Gasteiger partial charge in [-0.05, 0) is 31.0 Å². The fourth-order valence-corrected chi connectivity index (χ4v) is 5.30. The Labute approximate surface area is 181 Å². The first kappa shape index (κ1) is 20.1. The summed E-state index contributed by atoms with van der Waals surface area (Å²) in [6.07, 6.45) is 0. The van der Waals surface area contributed by atoms with Crippen molar-refractivity contribution in [3.05, 3.63) is 51.5 Å². The van der Waals surface area contributed by atoms with Gasteiger partial charge in [0.05, 0.1) is 22.4 Å². The molecule has 3 aromatic rings. The molecule has 3 heterocycles. The standard InChI is InChI=1S/C21H17ClN4O3S/c1-3-29-21(28)15-13(10-6-4-5-7-12(10)22)14-16-17(30-20(14)26-19(15)27)9(2)11(8-23)18(24)25-16/h4-7,13,15H,3H2,1-2H3,(H2,24,25)(H,26,27). The van der Waals surface area contributed by atoms with Crippen LogP contribution in [-0.2, 0) is 14.3 Å². The molecular weight excluding hydrogens is 424 g/mol. The maximum atomic E-state index is 13.0. The van der Waals surface area contributed by atoms with Gasteiger partial charge in [-0.1, -0.05) is 29.8 Å². The lowest BCUT2D eigenvalue weighted by Crippen LogP contribution is -2.39. The monoisotopic (exact) mass is 440 g/mol. The molecule has 0 aliphatic carbocycles. The number of hydrogen-bond donors (Lipinski definition) is 2. The van der Waals surface area contributed by atoms with Gasteiger partial charge in [0, 0.05) is 16.5 Å². The van der Waals surface area contributed by atoms with Crippen molar-refractivity contribution in [2.45, 2.75) is 19.8 Å². The summed E-state index contributed by atoms with van der Waals surface area (Å²) in [5.74, 6) is -2.83. The zero-order valence-corrected chi connectivity index (χ0v) is 17.7. The molecule has 9 heteroatoms. The highest BCUT2D eigenvalue weighted by Crippen LogP contribution is 2.51. The first-order chi connectivity index (χ1) is 14.4. The van der Waals surface area contributed by atoms with Crippen LogP contribution in [0.1, 0.15) is 35.1 Å². The number of ether oxygens (including phenoxy) is 1. The Balaban J connectivity index is 2.06. The number of thiophene rings is 1. The van der Waals surface area contributed by atoms with Gasteiger partial charge < -0.3 is 15.8 Å². The SMILES string of the molecule is CCOC(=O)C1C(=O)Nc2sc3c(C)c(C#N)c(N)nc3c2C1c1ccccc1Cl. The van der Waals surface area contributed by atoms with Gasteiger partial charge in [-0.15, -0.1) is 11.3 Å². The third kappa shape index (κ3) is 2.98. The Kier molecular flexibility index (Phi) is 5.10. The first-order valence-electron chi connectivity index (χ1n) is 9.23. The van der Waals surface area contributed by atoms with Crippen molar-refractivity contribution in [1.82, 2.24) is 4.98 Å². The summed E-state index contributed by atoms with van der Waals surface area (Å²) in [4.78, 5) is 30.2. The van der Waals surface area contributed by atoms with Crippen molar-refractivity contribution < 1.29 is 14.3 Å². The normalized spacial score (nSPS) is 17.9. The number of benzene rings is 1. The number of aromatic nitrogens is 1. The number of nitriles is 1. The van der Waals surface area contributed by atoms with Gasteiger partial charge in [0.2, 0.25) is 5.91 Å². The molecule has 2 atom stereocenters. The molecule has 1 amide bonds. The van der Waals surface area contributed by atoms with E-state index in [4.69, 9.17) is 22.1 Å². The molecule has 0 radical (unpaired) electrons. The maximum absolute atomic E-state index is 13.0. The Morgan fingerprint density at radius 2 is 2.17 bits per heavy atom. The number of carbonyl (C=O) groups is 2. The number of rotatable bonds is 3. The molecule has 0 saturated heterocycles. The number of halogens is 1. The Morgan fingerprint density at radius 3 is 2.83 bits per heavy atom. The first-order valence-corrected chi connectivity index (χ1v) is 10.4. The van der Waals surface area contributed by atoms with Gasteiger partial charge >= 0.3 is 5.97 Å². The van der Waals surface area contributed by atoms with Gasteiger partial charge in [0.1, 0.15) is 22.8 Å². The molecule has 152 valence electrons. The number of nitrogens with one attached hydrogen (secondary N) is 1. The zero-order valence-electron chi connectivity index (χ0n) is 16.2. The molecule has 0 fully saturated rings. The fourth-order valence-electron chi connectivity index (χ4n) is 3.85. The number of nitrogens with two attached hydrogens (primary N) is 1. The molecule has 30 heavy (non-hydrogen) atoms. The van der Waals surface area contributed by atoms with E-state index in [9.17, 15) is 14.9 Å². The number of anilines is 2. The number of carbonyl (C=O) groups excluding carboxylic acids is 2. The van der Waals surface area contributed by atoms with E-state index in [1.54, 1.807) is 38.1 Å². The summed E-state index contributed by atoms with van der Waals surface area (Å²) in [6.45, 7) is 3.62. The van der Waals surface area contributed by atoms with Gasteiger partial charge in [-0.25, -0.2) is 4.98 Å². The minimum Gasteiger partial charge on any atom is -0.465 e. The highest BCUT2D eigenvalue weighted by Gasteiger charge is 2.45. The van der Waals surface area contributed by atoms with Crippen LogP contribution in [0.15, 0.2) is 24.3 Å². The molecule has 7 nitrogen and oxygen atoms in total. The van der Waals surface area contributed by atoms with Crippen molar-refractivity contribution in [2.75, 3.05) is 17.7 Å². The number of hydrogen-bond acceptors (Lipinski definition) is 7. The molecule has 0 bridgehead atoms. The number of aryl methyl sites for hydroxylation is 1. The minimum absolute atomic E-state index is 0.102. The Hall–Kier alpha value is -3.15. The van der Waals surface area contributed by atoms with E-state index in [1.165, 1.54) is 11.3 Å². The summed E-state index contributed by atoms with van der Waals surface area (Å²) in [5, 5.41) is 13.2. The highest BCUT2D eigenvalue weighted by atomic mass is 35.5. The third-order valence-corrected chi connectivity index (χ3v) is 6.75. The quantitative estimate of drug-likeness (QED) is 0.469. The van der Waals surface area contributed by atoms with Crippen LogP contribution in [0.5, 0.6) is 0 Å². The zero-order chi connectivity index (χ0) is 21.6. The van der Waals surface area contributed by atoms with Crippen LogP contribution in [0.3, 0.4) is 0 Å². The molecule has 2 unspecified atom stereocenters. The molecule has 1 aliphatic rings. The second-order valence-electron chi connectivity index (χ2n) is 6.85. The molecule has 2 aromatic heterocycles. The summed E-state index contributed by atoms with van der Waals surface area (Å²) in [6, 6.07) is 9.14. The second-order valence-corrected chi connectivity index (χ2v) is 8.28. The van der Waals surface area contributed by atoms with Crippen molar-refractivity contribution in [3.8, 4) is 6.07 Å². The Bertz CT molecular complexity index is 1250. The fraction of sp³-hybridized carbons (Fsp3) is 0.238. The lowest BCUT2D eigenvalue weighted by molar-refractivity contribution is -0.151. The molecule has 1 aromatic carbocycles. The molecular formula is C21H17ClN4O3S. The highest BCUT2D eigenvalue weighted by molar-refractivity contribution is 7.23. The van der Waals surface area contributed by atoms with E-state index in [2.05, 4.69) is 16.4 Å². The third-order valence-electron chi connectivity index (χ3n) is 5.18. The van der Waals surface area contributed by atoms with Crippen molar-refractivity contribution in [1.29, 1.82) is 5.26 Å². The van der Waals surface area contributed by atoms with Gasteiger partial charge in [-0.2, -0.15) is 5.26 Å². The van der Waals surface area contributed by atoms with Crippen molar-refractivity contribution >= 4 is 55.8 Å². The average Bonchev–Trinajstić information content (AvgIpc) is 3.06. The van der Waals surface area contributed by atoms with E-state index >= 15 is 0 Å². The molecule has 1 aliphatic heterocycles. The summed E-state index contributed by atoms with van der Waals surface area (Å²) in [7, 11) is 0. The Morgan fingerprint density at radius 1 is 1.43 bits per heavy atom. The summed E-state index contributed by atoms with van der Waals surface area (Å²) >= 11 is 7.78. The van der Waals surface area contributed by atoms with E-state index < -0.39 is 23.7 Å². The number of pyridine rings is 1. The van der Waals surface area contributed by atoms with E-state index in [0.717, 1.165) is 4.70 Å². The summed E-state index contributed by atoms with van der Waals surface area (Å²) < 4.78 is 5.93. The van der Waals surface area contributed by atoms with E-state index in [-0.39, 0.29) is 12.4 Å². The molecule has 3 N–H and O–H groups in total. The van der Waals surface area contributed by atoms with Gasteiger partial charge in [0.15, 0.2) is 0 Å². The second kappa shape index (κ2) is 7.59. The van der Waals surface area contributed by atoms with Crippen LogP contribution < -0.4 is 11.1 Å². The van der Waals surface area contributed by atoms with E-state index in [1.807, 2.05) is 0 Å². The van der Waals surface area contributed by atoms with E-state index in [0.29, 0.717) is 37.8 Å². The smallest absolute Gasteiger partial charge is 0.319 e. The number of amides is 1. The topological polar surface area (TPSA) is 118 Å². The van der Waals surface area contributed by atoms with Gasteiger partial charge in [-0.3, -0.25) is 9.59 Å². The van der Waals surface area contributed by atoms with Crippen LogP contribution in [0.2, 0.25) is 5.02 Å². The van der Waals surface area contributed by atoms with Crippen LogP contribution in [0.4, 0.5) is 10.8 Å². The van der Waals surface area contributed by atoms with Crippen molar-refractivity contribution in [3.63, 3.8) is 0 Å². The van der Waals surface area contributed by atoms with Crippen LogP contribution in [-0.4, -0.2) is 23.5 Å². The predicted octanol–water partition coefficient (Wildman–Crippen LogP) is 3.98. The number of nitrogen functional groups attached to an aromatic ring is 1. The number of esters is 1. The number of fused-ring (bicyclic) bond motifs is 3. The molecule has 0 spiro atoms. The molecule has 4 rings (SSSR count). The minimum atomic E-state index is -1.13. The van der Waals surface area contributed by atoms with Crippen molar-refractivity contribution in [2.24, 2.45) is 5.92 Å². The lowest BCUT2D eigenvalue weighted by atomic mass is 9.78.